The van der Waals surface area contributed by atoms with Gasteiger partial charge in [0.05, 0.1) is 12.7 Å². The maximum atomic E-state index is 11.5. The van der Waals surface area contributed by atoms with Crippen molar-refractivity contribution in [1.82, 2.24) is 0 Å². The zero-order valence-electron chi connectivity index (χ0n) is 15.7. The summed E-state index contributed by atoms with van der Waals surface area (Å²) in [4.78, 5) is 11.5. The second kappa shape index (κ2) is 7.92. The van der Waals surface area contributed by atoms with Crippen LogP contribution in [0.25, 0.3) is 0 Å². The summed E-state index contributed by atoms with van der Waals surface area (Å²) in [6.07, 6.45) is -3.74. The van der Waals surface area contributed by atoms with Gasteiger partial charge in [-0.15, -0.1) is 0 Å². The van der Waals surface area contributed by atoms with Gasteiger partial charge in [0.2, 0.25) is 12.2 Å². The first kappa shape index (κ1) is 20.6. The number of aliphatic hydroxyl groups excluding tert-OH is 3. The van der Waals surface area contributed by atoms with Crippen LogP contribution in [-0.4, -0.2) is 52.4 Å². The fraction of sp³-hybridized carbons (Fsp3) is 0.632. The van der Waals surface area contributed by atoms with Crippen LogP contribution < -0.4 is 10.5 Å². The third-order valence-corrected chi connectivity index (χ3v) is 4.71. The molecule has 146 valence electrons. The lowest BCUT2D eigenvalue weighted by atomic mass is 9.78. The SMILES string of the molecule is Cc1cc(C)c(C(C)(C)CC(N)=O)c(OC2CC(O)C(O)C(CO)O2)c1. The van der Waals surface area contributed by atoms with Crippen molar-refractivity contribution in [3.63, 3.8) is 0 Å². The monoisotopic (exact) mass is 367 g/mol. The topological polar surface area (TPSA) is 122 Å². The molecular weight excluding hydrogens is 338 g/mol. The first-order chi connectivity index (χ1) is 12.0. The summed E-state index contributed by atoms with van der Waals surface area (Å²) in [6, 6.07) is 3.85. The van der Waals surface area contributed by atoms with Crippen molar-refractivity contribution >= 4 is 5.91 Å². The minimum atomic E-state index is -1.16. The summed E-state index contributed by atoms with van der Waals surface area (Å²) < 4.78 is 11.6. The highest BCUT2D eigenvalue weighted by molar-refractivity contribution is 5.76. The molecule has 5 N–H and O–H groups in total. The summed E-state index contributed by atoms with van der Waals surface area (Å²) in [6.45, 7) is 7.28. The molecule has 4 unspecified atom stereocenters. The van der Waals surface area contributed by atoms with E-state index in [4.69, 9.17) is 15.2 Å². The van der Waals surface area contributed by atoms with E-state index in [1.807, 2.05) is 39.8 Å². The van der Waals surface area contributed by atoms with E-state index in [1.165, 1.54) is 0 Å². The molecule has 0 saturated carbocycles. The molecule has 0 spiro atoms. The van der Waals surface area contributed by atoms with Crippen molar-refractivity contribution in [2.75, 3.05) is 6.61 Å². The highest BCUT2D eigenvalue weighted by Crippen LogP contribution is 2.39. The average Bonchev–Trinajstić information content (AvgIpc) is 2.48. The van der Waals surface area contributed by atoms with Gasteiger partial charge in [-0.05, 0) is 31.0 Å². The zero-order chi connectivity index (χ0) is 19.6. The molecule has 0 aliphatic carbocycles. The number of benzene rings is 1. The molecule has 1 aromatic rings. The third-order valence-electron chi connectivity index (χ3n) is 4.71. The lowest BCUT2D eigenvalue weighted by molar-refractivity contribution is -0.230. The van der Waals surface area contributed by atoms with Crippen LogP contribution in [0.4, 0.5) is 0 Å². The molecule has 4 atom stereocenters. The highest BCUT2D eigenvalue weighted by Gasteiger charge is 2.38. The van der Waals surface area contributed by atoms with Gasteiger partial charge in [0.1, 0.15) is 18.0 Å². The number of aliphatic hydroxyl groups is 3. The molecule has 1 aliphatic heterocycles. The Morgan fingerprint density at radius 2 is 2.00 bits per heavy atom. The number of rotatable bonds is 6. The molecule has 0 aromatic heterocycles. The molecule has 1 saturated heterocycles. The number of hydrogen-bond donors (Lipinski definition) is 4. The fourth-order valence-electron chi connectivity index (χ4n) is 3.70. The molecule has 1 aliphatic rings. The van der Waals surface area contributed by atoms with Gasteiger partial charge >= 0.3 is 0 Å². The van der Waals surface area contributed by atoms with Gasteiger partial charge in [-0.3, -0.25) is 4.79 Å². The number of carbonyl (C=O) groups is 1. The summed E-state index contributed by atoms with van der Waals surface area (Å²) in [5, 5.41) is 29.2. The minimum absolute atomic E-state index is 0.0698. The summed E-state index contributed by atoms with van der Waals surface area (Å²) in [5.41, 5.74) is 7.63. The predicted molar refractivity (Wildman–Crippen MR) is 95.8 cm³/mol. The minimum Gasteiger partial charge on any atom is -0.465 e. The second-order valence-electron chi connectivity index (χ2n) is 7.68. The number of aryl methyl sites for hydroxylation is 2. The van der Waals surface area contributed by atoms with Crippen molar-refractivity contribution in [2.45, 2.75) is 70.6 Å². The highest BCUT2D eigenvalue weighted by atomic mass is 16.7. The Hall–Kier alpha value is -1.67. The third kappa shape index (κ3) is 4.54. The molecule has 1 amide bonds. The molecule has 0 bridgehead atoms. The maximum Gasteiger partial charge on any atom is 0.218 e. The standard InChI is InChI=1S/C19H29NO6/c1-10-5-11(2)17(19(3,4)8-15(20)23)13(6-10)25-16-7-12(22)18(24)14(9-21)26-16/h5-6,12,14,16,18,21-22,24H,7-9H2,1-4H3,(H2,20,23). The first-order valence-corrected chi connectivity index (χ1v) is 8.74. The Bertz CT molecular complexity index is 660. The number of amides is 1. The van der Waals surface area contributed by atoms with Gasteiger partial charge < -0.3 is 30.5 Å². The normalized spacial score (nSPS) is 26.6. The number of carbonyl (C=O) groups excluding carboxylic acids is 1. The Kier molecular flexibility index (Phi) is 6.29. The van der Waals surface area contributed by atoms with Crippen molar-refractivity contribution < 1.29 is 29.6 Å². The van der Waals surface area contributed by atoms with Crippen molar-refractivity contribution in [1.29, 1.82) is 0 Å². The van der Waals surface area contributed by atoms with Crippen LogP contribution in [0.1, 0.15) is 43.4 Å². The van der Waals surface area contributed by atoms with Crippen LogP contribution in [0.3, 0.4) is 0 Å². The van der Waals surface area contributed by atoms with Gasteiger partial charge in [0.15, 0.2) is 0 Å². The summed E-state index contributed by atoms with van der Waals surface area (Å²) >= 11 is 0. The number of ether oxygens (including phenoxy) is 2. The van der Waals surface area contributed by atoms with E-state index >= 15 is 0 Å². The molecule has 0 radical (unpaired) electrons. The molecular formula is C19H29NO6. The van der Waals surface area contributed by atoms with Crippen molar-refractivity contribution in [3.8, 4) is 5.75 Å². The lowest BCUT2D eigenvalue weighted by Crippen LogP contribution is -2.51. The molecule has 1 heterocycles. The quantitative estimate of drug-likeness (QED) is 0.586. The van der Waals surface area contributed by atoms with Crippen LogP contribution in [-0.2, 0) is 14.9 Å². The number of primary amides is 1. The first-order valence-electron chi connectivity index (χ1n) is 8.74. The van der Waals surface area contributed by atoms with E-state index in [9.17, 15) is 20.1 Å². The van der Waals surface area contributed by atoms with Crippen LogP contribution >= 0.6 is 0 Å². The molecule has 7 nitrogen and oxygen atoms in total. The predicted octanol–water partition coefficient (Wildman–Crippen LogP) is 0.664. The smallest absolute Gasteiger partial charge is 0.218 e. The summed E-state index contributed by atoms with van der Waals surface area (Å²) in [5.74, 6) is 0.132. The number of nitrogens with two attached hydrogens (primary N) is 1. The van der Waals surface area contributed by atoms with E-state index in [-0.39, 0.29) is 12.8 Å². The fourth-order valence-corrected chi connectivity index (χ4v) is 3.70. The lowest BCUT2D eigenvalue weighted by Gasteiger charge is -2.37. The van der Waals surface area contributed by atoms with Crippen molar-refractivity contribution in [2.24, 2.45) is 5.73 Å². The summed E-state index contributed by atoms with van der Waals surface area (Å²) in [7, 11) is 0. The van der Waals surface area contributed by atoms with Gasteiger partial charge in [0, 0.05) is 23.8 Å². The van der Waals surface area contributed by atoms with Crippen LogP contribution in [0.2, 0.25) is 0 Å². The number of hydrogen-bond acceptors (Lipinski definition) is 6. The van der Waals surface area contributed by atoms with Gasteiger partial charge in [-0.1, -0.05) is 19.9 Å². The van der Waals surface area contributed by atoms with Gasteiger partial charge in [-0.2, -0.15) is 0 Å². The van der Waals surface area contributed by atoms with Crippen LogP contribution in [0, 0.1) is 13.8 Å². The van der Waals surface area contributed by atoms with E-state index in [0.29, 0.717) is 5.75 Å². The molecule has 7 heteroatoms. The Morgan fingerprint density at radius 3 is 2.58 bits per heavy atom. The van der Waals surface area contributed by atoms with E-state index in [2.05, 4.69) is 0 Å². The van der Waals surface area contributed by atoms with Crippen molar-refractivity contribution in [3.05, 3.63) is 28.8 Å². The molecule has 1 aromatic carbocycles. The van der Waals surface area contributed by atoms with Crippen LogP contribution in [0.15, 0.2) is 12.1 Å². The second-order valence-corrected chi connectivity index (χ2v) is 7.68. The van der Waals surface area contributed by atoms with E-state index < -0.39 is 42.5 Å². The Morgan fingerprint density at radius 1 is 1.35 bits per heavy atom. The maximum absolute atomic E-state index is 11.5. The van der Waals surface area contributed by atoms with E-state index in [1.54, 1.807) is 0 Å². The Labute approximate surface area is 153 Å². The van der Waals surface area contributed by atoms with Gasteiger partial charge in [-0.25, -0.2) is 0 Å². The van der Waals surface area contributed by atoms with E-state index in [0.717, 1.165) is 16.7 Å². The molecule has 1 fully saturated rings. The van der Waals surface area contributed by atoms with Crippen LogP contribution in [0.5, 0.6) is 5.75 Å². The largest absolute Gasteiger partial charge is 0.465 e. The average molecular weight is 367 g/mol. The Balaban J connectivity index is 2.35. The van der Waals surface area contributed by atoms with Gasteiger partial charge in [0.25, 0.3) is 0 Å². The zero-order valence-corrected chi connectivity index (χ0v) is 15.7. The molecule has 26 heavy (non-hydrogen) atoms. The molecule has 2 rings (SSSR count).